The fourth-order valence-electron chi connectivity index (χ4n) is 5.11. The highest BCUT2D eigenvalue weighted by Gasteiger charge is 2.27. The van der Waals surface area contributed by atoms with Crippen molar-refractivity contribution in [2.45, 2.75) is 125 Å². The highest BCUT2D eigenvalue weighted by atomic mass is 32.2. The van der Waals surface area contributed by atoms with E-state index in [9.17, 15) is 0 Å². The summed E-state index contributed by atoms with van der Waals surface area (Å²) in [5.41, 5.74) is 0. The van der Waals surface area contributed by atoms with Crippen LogP contribution in [0.25, 0.3) is 0 Å². The van der Waals surface area contributed by atoms with Gasteiger partial charge in [0.1, 0.15) is 0 Å². The van der Waals surface area contributed by atoms with Crippen molar-refractivity contribution in [3.63, 3.8) is 0 Å². The van der Waals surface area contributed by atoms with Gasteiger partial charge in [-0.1, -0.05) is 93.2 Å². The summed E-state index contributed by atoms with van der Waals surface area (Å²) >= 11 is 2.25. The normalized spacial score (nSPS) is 18.1. The molecule has 0 aliphatic carbocycles. The SMILES string of the molecule is CC/C=C/CCC(SCCNC)C(CCC)CCC(C(C)CC)C(C)CCC(C)C(C)C. The van der Waals surface area contributed by atoms with E-state index < -0.39 is 0 Å². The maximum absolute atomic E-state index is 3.35. The van der Waals surface area contributed by atoms with Gasteiger partial charge in [-0.15, -0.1) is 0 Å². The van der Waals surface area contributed by atoms with Gasteiger partial charge in [0.05, 0.1) is 0 Å². The molecule has 2 heteroatoms. The number of allylic oxidation sites excluding steroid dienone is 2. The van der Waals surface area contributed by atoms with Gasteiger partial charge in [-0.25, -0.2) is 0 Å². The zero-order valence-electron chi connectivity index (χ0n) is 23.6. The van der Waals surface area contributed by atoms with Crippen molar-refractivity contribution in [2.75, 3.05) is 19.3 Å². The Morgan fingerprint density at radius 1 is 0.750 bits per heavy atom. The minimum Gasteiger partial charge on any atom is -0.319 e. The van der Waals surface area contributed by atoms with Gasteiger partial charge in [-0.05, 0) is 81.1 Å². The zero-order valence-corrected chi connectivity index (χ0v) is 24.4. The fourth-order valence-corrected chi connectivity index (χ4v) is 6.58. The first kappa shape index (κ1) is 32.0. The second-order valence-corrected chi connectivity index (χ2v) is 12.3. The molecule has 0 aromatic rings. The summed E-state index contributed by atoms with van der Waals surface area (Å²) in [5, 5.41) is 4.17. The minimum atomic E-state index is 0.815. The summed E-state index contributed by atoms with van der Waals surface area (Å²) in [7, 11) is 2.08. The Balaban J connectivity index is 5.15. The molecule has 0 saturated heterocycles. The molecule has 0 aliphatic heterocycles. The van der Waals surface area contributed by atoms with Gasteiger partial charge in [0.25, 0.3) is 0 Å². The van der Waals surface area contributed by atoms with Crippen LogP contribution in [0.4, 0.5) is 0 Å². The molecule has 0 aromatic heterocycles. The van der Waals surface area contributed by atoms with Gasteiger partial charge in [-0.2, -0.15) is 11.8 Å². The van der Waals surface area contributed by atoms with Crippen LogP contribution in [0.3, 0.4) is 0 Å². The summed E-state index contributed by atoms with van der Waals surface area (Å²) < 4.78 is 0. The second kappa shape index (κ2) is 20.4. The quantitative estimate of drug-likeness (QED) is 0.133. The Morgan fingerprint density at radius 2 is 1.44 bits per heavy atom. The van der Waals surface area contributed by atoms with E-state index in [4.69, 9.17) is 0 Å². The molecule has 0 aliphatic rings. The molecule has 1 nitrogen and oxygen atoms in total. The number of nitrogens with one attached hydrogen (secondary N) is 1. The van der Waals surface area contributed by atoms with Crippen molar-refractivity contribution >= 4 is 11.8 Å². The summed E-state index contributed by atoms with van der Waals surface area (Å²) in [4.78, 5) is 0. The Bertz CT molecular complexity index is 433. The number of thioether (sulfide) groups is 1. The molecule has 0 amide bonds. The monoisotopic (exact) mass is 467 g/mol. The van der Waals surface area contributed by atoms with E-state index in [-0.39, 0.29) is 0 Å². The van der Waals surface area contributed by atoms with E-state index in [0.29, 0.717) is 0 Å². The first-order valence-electron chi connectivity index (χ1n) is 14.2. The molecule has 0 bridgehead atoms. The summed E-state index contributed by atoms with van der Waals surface area (Å²) in [6.07, 6.45) is 18.3. The number of rotatable bonds is 21. The van der Waals surface area contributed by atoms with Crippen molar-refractivity contribution in [1.82, 2.24) is 5.32 Å². The lowest BCUT2D eigenvalue weighted by molar-refractivity contribution is 0.191. The van der Waals surface area contributed by atoms with Gasteiger partial charge in [0.2, 0.25) is 0 Å². The summed E-state index contributed by atoms with van der Waals surface area (Å²) in [5.74, 6) is 6.40. The Hall–Kier alpha value is 0.0500. The van der Waals surface area contributed by atoms with Crippen molar-refractivity contribution in [3.05, 3.63) is 12.2 Å². The average molecular weight is 468 g/mol. The van der Waals surface area contributed by atoms with Gasteiger partial charge in [-0.3, -0.25) is 0 Å². The van der Waals surface area contributed by atoms with Crippen LogP contribution < -0.4 is 5.32 Å². The van der Waals surface area contributed by atoms with Gasteiger partial charge >= 0.3 is 0 Å². The van der Waals surface area contributed by atoms with Crippen LogP contribution in [-0.2, 0) is 0 Å². The molecule has 0 rings (SSSR count). The molecule has 0 spiro atoms. The molecule has 32 heavy (non-hydrogen) atoms. The lowest BCUT2D eigenvalue weighted by atomic mass is 9.74. The largest absolute Gasteiger partial charge is 0.319 e. The van der Waals surface area contributed by atoms with Crippen LogP contribution >= 0.6 is 11.8 Å². The van der Waals surface area contributed by atoms with Crippen LogP contribution in [0.1, 0.15) is 120 Å². The molecule has 0 saturated carbocycles. The number of hydrogen-bond acceptors (Lipinski definition) is 2. The molecule has 192 valence electrons. The standard InChI is InChI=1S/C30H61NS/c1-10-13-14-15-17-30(32-23-22-31-9)28(16-11-2)20-21-29(25(6)12-3)27(8)19-18-26(7)24(4)5/h13-14,24-31H,10-12,15-23H2,1-9H3/b14-13+. The third-order valence-electron chi connectivity index (χ3n) is 8.08. The third kappa shape index (κ3) is 14.3. The highest BCUT2D eigenvalue weighted by Crippen LogP contribution is 2.37. The van der Waals surface area contributed by atoms with Crippen LogP contribution in [0, 0.1) is 35.5 Å². The van der Waals surface area contributed by atoms with Crippen LogP contribution in [-0.4, -0.2) is 24.6 Å². The van der Waals surface area contributed by atoms with E-state index in [2.05, 4.69) is 91.7 Å². The fraction of sp³-hybridized carbons (Fsp3) is 0.933. The van der Waals surface area contributed by atoms with Crippen molar-refractivity contribution in [1.29, 1.82) is 0 Å². The van der Waals surface area contributed by atoms with Crippen molar-refractivity contribution in [2.24, 2.45) is 35.5 Å². The van der Waals surface area contributed by atoms with Crippen molar-refractivity contribution < 1.29 is 0 Å². The van der Waals surface area contributed by atoms with E-state index in [1.165, 1.54) is 70.0 Å². The summed E-state index contributed by atoms with van der Waals surface area (Å²) in [6, 6.07) is 0. The maximum Gasteiger partial charge on any atom is 0.00787 e. The van der Waals surface area contributed by atoms with E-state index in [1.54, 1.807) is 0 Å². The van der Waals surface area contributed by atoms with Crippen LogP contribution in [0.5, 0.6) is 0 Å². The van der Waals surface area contributed by atoms with Gasteiger partial charge in [0.15, 0.2) is 0 Å². The van der Waals surface area contributed by atoms with Gasteiger partial charge < -0.3 is 5.32 Å². The predicted molar refractivity (Wildman–Crippen MR) is 152 cm³/mol. The Kier molecular flexibility index (Phi) is 20.5. The number of hydrogen-bond donors (Lipinski definition) is 1. The maximum atomic E-state index is 3.35. The molecule has 0 heterocycles. The smallest absolute Gasteiger partial charge is 0.00787 e. The molecule has 0 aromatic carbocycles. The van der Waals surface area contributed by atoms with E-state index in [0.717, 1.165) is 47.3 Å². The molecular weight excluding hydrogens is 406 g/mol. The van der Waals surface area contributed by atoms with Gasteiger partial charge in [0, 0.05) is 17.5 Å². The average Bonchev–Trinajstić information content (AvgIpc) is 2.78. The lowest BCUT2D eigenvalue weighted by Gasteiger charge is -2.33. The molecular formula is C30H61NS. The molecule has 0 fully saturated rings. The minimum absolute atomic E-state index is 0.815. The first-order valence-corrected chi connectivity index (χ1v) is 15.3. The Labute approximate surface area is 208 Å². The zero-order chi connectivity index (χ0) is 24.4. The molecule has 6 atom stereocenters. The topological polar surface area (TPSA) is 12.0 Å². The lowest BCUT2D eigenvalue weighted by Crippen LogP contribution is -2.25. The van der Waals surface area contributed by atoms with Crippen molar-refractivity contribution in [3.8, 4) is 0 Å². The van der Waals surface area contributed by atoms with Crippen LogP contribution in [0.2, 0.25) is 0 Å². The van der Waals surface area contributed by atoms with E-state index >= 15 is 0 Å². The third-order valence-corrected chi connectivity index (χ3v) is 9.57. The molecule has 1 N–H and O–H groups in total. The Morgan fingerprint density at radius 3 is 2.00 bits per heavy atom. The van der Waals surface area contributed by atoms with E-state index in [1.807, 2.05) is 0 Å². The molecule has 6 unspecified atom stereocenters. The second-order valence-electron chi connectivity index (χ2n) is 10.9. The highest BCUT2D eigenvalue weighted by molar-refractivity contribution is 7.99. The molecule has 0 radical (unpaired) electrons. The predicted octanol–water partition coefficient (Wildman–Crippen LogP) is 9.62. The first-order chi connectivity index (χ1) is 15.3. The summed E-state index contributed by atoms with van der Waals surface area (Å²) in [6.45, 7) is 20.5. The van der Waals surface area contributed by atoms with Crippen LogP contribution in [0.15, 0.2) is 12.2 Å².